The second-order valence-electron chi connectivity index (χ2n) is 3.46. The Kier molecular flexibility index (Phi) is 6.40. The van der Waals surface area contributed by atoms with Crippen molar-refractivity contribution in [1.82, 2.24) is 0 Å². The van der Waals surface area contributed by atoms with E-state index >= 15 is 0 Å². The molecule has 0 aliphatic rings. The molecule has 1 aromatic carbocycles. The van der Waals surface area contributed by atoms with Crippen molar-refractivity contribution in [2.45, 2.75) is 12.8 Å². The van der Waals surface area contributed by atoms with E-state index in [0.29, 0.717) is 12.2 Å². The molecule has 3 N–H and O–H groups in total. The summed E-state index contributed by atoms with van der Waals surface area (Å²) in [4.78, 5) is 0. The van der Waals surface area contributed by atoms with Gasteiger partial charge in [0.05, 0.1) is 6.26 Å². The van der Waals surface area contributed by atoms with Crippen molar-refractivity contribution in [3.8, 4) is 0 Å². The second kappa shape index (κ2) is 6.73. The molecule has 1 aromatic rings. The number of sulfonamides is 1. The van der Waals surface area contributed by atoms with Crippen molar-refractivity contribution >= 4 is 28.1 Å². The van der Waals surface area contributed by atoms with Crippen LogP contribution in [0.25, 0.3) is 0 Å². The number of rotatable bonds is 5. The van der Waals surface area contributed by atoms with Crippen molar-refractivity contribution in [1.29, 1.82) is 0 Å². The molecule has 0 aliphatic heterocycles. The molecule has 0 heterocycles. The van der Waals surface area contributed by atoms with Gasteiger partial charge < -0.3 is 5.73 Å². The lowest BCUT2D eigenvalue weighted by atomic mass is 10.1. The predicted molar refractivity (Wildman–Crippen MR) is 69.5 cm³/mol. The molecule has 6 heteroatoms. The lowest BCUT2D eigenvalue weighted by Gasteiger charge is -2.05. The molecule has 0 atom stereocenters. The minimum absolute atomic E-state index is 0. The fourth-order valence-corrected chi connectivity index (χ4v) is 1.82. The smallest absolute Gasteiger partial charge is 0.229 e. The molecule has 0 bridgehead atoms. The number of nitrogens with one attached hydrogen (secondary N) is 1. The highest BCUT2D eigenvalue weighted by atomic mass is 35.5. The number of halogens is 1. The van der Waals surface area contributed by atoms with Crippen LogP contribution < -0.4 is 10.5 Å². The van der Waals surface area contributed by atoms with E-state index in [0.717, 1.165) is 19.1 Å². The van der Waals surface area contributed by atoms with Crippen LogP contribution in [0.3, 0.4) is 0 Å². The van der Waals surface area contributed by atoms with Crippen LogP contribution in [0.4, 0.5) is 5.69 Å². The zero-order valence-corrected chi connectivity index (χ0v) is 10.8. The molecule has 0 aliphatic carbocycles. The Morgan fingerprint density at radius 3 is 2.25 bits per heavy atom. The second-order valence-corrected chi connectivity index (χ2v) is 5.21. The van der Waals surface area contributed by atoms with Gasteiger partial charge in [-0.15, -0.1) is 12.4 Å². The van der Waals surface area contributed by atoms with Gasteiger partial charge in [-0.05, 0) is 37.1 Å². The van der Waals surface area contributed by atoms with Crippen molar-refractivity contribution in [3.63, 3.8) is 0 Å². The first-order valence-corrected chi connectivity index (χ1v) is 6.67. The van der Waals surface area contributed by atoms with E-state index in [-0.39, 0.29) is 12.4 Å². The average Bonchev–Trinajstić information content (AvgIpc) is 2.14. The normalized spacial score (nSPS) is 10.6. The highest BCUT2D eigenvalue weighted by Gasteiger charge is 2.00. The average molecular weight is 265 g/mol. The van der Waals surface area contributed by atoms with Gasteiger partial charge in [0.2, 0.25) is 10.0 Å². The summed E-state index contributed by atoms with van der Waals surface area (Å²) in [5, 5.41) is 0. The Hall–Kier alpha value is -0.780. The largest absolute Gasteiger partial charge is 0.330 e. The quantitative estimate of drug-likeness (QED) is 0.844. The Bertz CT molecular complexity index is 403. The Morgan fingerprint density at radius 1 is 1.25 bits per heavy atom. The molecule has 0 aromatic heterocycles. The van der Waals surface area contributed by atoms with Gasteiger partial charge in [0.25, 0.3) is 0 Å². The summed E-state index contributed by atoms with van der Waals surface area (Å²) < 4.78 is 24.3. The third-order valence-corrected chi connectivity index (χ3v) is 2.53. The fourth-order valence-electron chi connectivity index (χ4n) is 1.26. The molecule has 0 radical (unpaired) electrons. The minimum Gasteiger partial charge on any atom is -0.330 e. The Labute approximate surface area is 103 Å². The Balaban J connectivity index is 0.00000225. The first-order valence-electron chi connectivity index (χ1n) is 4.78. The molecule has 0 unspecified atom stereocenters. The summed E-state index contributed by atoms with van der Waals surface area (Å²) in [5.74, 6) is 0. The highest BCUT2D eigenvalue weighted by molar-refractivity contribution is 7.92. The molecule has 0 saturated carbocycles. The summed E-state index contributed by atoms with van der Waals surface area (Å²) in [7, 11) is -3.18. The standard InChI is InChI=1S/C10H16N2O2S.ClH/c1-15(13,14)12-10-6-4-9(5-7-10)3-2-8-11;/h4-7,12H,2-3,8,11H2,1H3;1H. The first-order chi connectivity index (χ1) is 7.01. The summed E-state index contributed by atoms with van der Waals surface area (Å²) in [6.07, 6.45) is 3.00. The lowest BCUT2D eigenvalue weighted by Crippen LogP contribution is -2.09. The maximum Gasteiger partial charge on any atom is 0.229 e. The van der Waals surface area contributed by atoms with E-state index in [2.05, 4.69) is 4.72 Å². The van der Waals surface area contributed by atoms with Crippen LogP contribution in [0.15, 0.2) is 24.3 Å². The number of anilines is 1. The van der Waals surface area contributed by atoms with Crippen molar-refractivity contribution in [2.75, 3.05) is 17.5 Å². The SMILES string of the molecule is CS(=O)(=O)Nc1ccc(CCCN)cc1.Cl. The van der Waals surface area contributed by atoms with Crippen LogP contribution in [-0.2, 0) is 16.4 Å². The van der Waals surface area contributed by atoms with E-state index in [1.54, 1.807) is 12.1 Å². The van der Waals surface area contributed by atoms with Crippen molar-refractivity contribution in [3.05, 3.63) is 29.8 Å². The van der Waals surface area contributed by atoms with Crippen molar-refractivity contribution in [2.24, 2.45) is 5.73 Å². The predicted octanol–water partition coefficient (Wildman–Crippen LogP) is 1.37. The molecule has 0 fully saturated rings. The molecular formula is C10H17ClN2O2S. The molecule has 92 valence electrons. The monoisotopic (exact) mass is 264 g/mol. The number of nitrogens with two attached hydrogens (primary N) is 1. The number of hydrogen-bond acceptors (Lipinski definition) is 3. The maximum atomic E-state index is 10.9. The van der Waals surface area contributed by atoms with E-state index in [9.17, 15) is 8.42 Å². The summed E-state index contributed by atoms with van der Waals surface area (Å²) >= 11 is 0. The van der Waals surface area contributed by atoms with Gasteiger partial charge in [-0.25, -0.2) is 8.42 Å². The van der Waals surface area contributed by atoms with E-state index in [4.69, 9.17) is 5.73 Å². The zero-order valence-electron chi connectivity index (χ0n) is 9.14. The summed E-state index contributed by atoms with van der Waals surface area (Å²) in [6, 6.07) is 7.33. The van der Waals surface area contributed by atoms with Gasteiger partial charge in [-0.3, -0.25) is 4.72 Å². The van der Waals surface area contributed by atoms with Crippen LogP contribution in [0, 0.1) is 0 Å². The topological polar surface area (TPSA) is 72.2 Å². The van der Waals surface area contributed by atoms with Gasteiger partial charge >= 0.3 is 0 Å². The molecule has 4 nitrogen and oxygen atoms in total. The minimum atomic E-state index is -3.18. The van der Waals surface area contributed by atoms with Gasteiger partial charge in [0.1, 0.15) is 0 Å². The third-order valence-electron chi connectivity index (χ3n) is 1.93. The summed E-state index contributed by atoms with van der Waals surface area (Å²) in [6.45, 7) is 0.670. The number of aryl methyl sites for hydroxylation is 1. The van der Waals surface area contributed by atoms with E-state index < -0.39 is 10.0 Å². The molecule has 0 amide bonds. The molecule has 1 rings (SSSR count). The van der Waals surface area contributed by atoms with E-state index in [1.165, 1.54) is 5.56 Å². The molecule has 16 heavy (non-hydrogen) atoms. The van der Waals surface area contributed by atoms with Crippen LogP contribution in [0.2, 0.25) is 0 Å². The number of hydrogen-bond donors (Lipinski definition) is 2. The third kappa shape index (κ3) is 5.95. The van der Waals surface area contributed by atoms with Gasteiger partial charge in [0.15, 0.2) is 0 Å². The maximum absolute atomic E-state index is 10.9. The molecule has 0 saturated heterocycles. The van der Waals surface area contributed by atoms with Crippen LogP contribution >= 0.6 is 12.4 Å². The van der Waals surface area contributed by atoms with E-state index in [1.807, 2.05) is 12.1 Å². The lowest BCUT2D eigenvalue weighted by molar-refractivity contribution is 0.607. The molecule has 0 spiro atoms. The van der Waals surface area contributed by atoms with Crippen LogP contribution in [-0.4, -0.2) is 21.2 Å². The van der Waals surface area contributed by atoms with Crippen LogP contribution in [0.5, 0.6) is 0 Å². The van der Waals surface area contributed by atoms with Crippen molar-refractivity contribution < 1.29 is 8.42 Å². The summed E-state index contributed by atoms with van der Waals surface area (Å²) in [5.41, 5.74) is 7.16. The molecular weight excluding hydrogens is 248 g/mol. The van der Waals surface area contributed by atoms with Crippen LogP contribution in [0.1, 0.15) is 12.0 Å². The first kappa shape index (κ1) is 15.2. The van der Waals surface area contributed by atoms with Gasteiger partial charge in [-0.1, -0.05) is 12.1 Å². The fraction of sp³-hybridized carbons (Fsp3) is 0.400. The zero-order chi connectivity index (χ0) is 11.3. The Morgan fingerprint density at radius 2 is 1.81 bits per heavy atom. The number of benzene rings is 1. The van der Waals surface area contributed by atoms with Gasteiger partial charge in [0, 0.05) is 5.69 Å². The van der Waals surface area contributed by atoms with Gasteiger partial charge in [-0.2, -0.15) is 0 Å². The highest BCUT2D eigenvalue weighted by Crippen LogP contribution is 2.11.